The molecule has 184 valence electrons. The van der Waals surface area contributed by atoms with E-state index in [1.807, 2.05) is 41.3 Å². The number of ether oxygens (including phenoxy) is 2. The van der Waals surface area contributed by atoms with Crippen LogP contribution in [-0.4, -0.2) is 48.9 Å². The highest BCUT2D eigenvalue weighted by atomic mass is 16.5. The zero-order valence-corrected chi connectivity index (χ0v) is 20.4. The number of rotatable bonds is 5. The van der Waals surface area contributed by atoms with Crippen LogP contribution in [0.4, 0.5) is 0 Å². The molecule has 8 heteroatoms. The quantitative estimate of drug-likeness (QED) is 0.544. The minimum atomic E-state index is -0.00729. The molecule has 0 saturated carbocycles. The number of nitrogens with zero attached hydrogens (tertiary/aromatic N) is 4. The van der Waals surface area contributed by atoms with Crippen molar-refractivity contribution in [1.29, 1.82) is 0 Å². The lowest BCUT2D eigenvalue weighted by atomic mass is 9.86. The summed E-state index contributed by atoms with van der Waals surface area (Å²) in [7, 11) is 0. The van der Waals surface area contributed by atoms with Crippen molar-refractivity contribution in [1.82, 2.24) is 25.3 Å². The number of aromatic hydroxyl groups is 1. The number of aromatic nitrogens is 4. The minimum Gasteiger partial charge on any atom is -0.507 e. The number of hydrogen-bond acceptors (Lipinski definition) is 7. The van der Waals surface area contributed by atoms with Gasteiger partial charge in [0.25, 0.3) is 0 Å². The van der Waals surface area contributed by atoms with Crippen molar-refractivity contribution in [2.24, 2.45) is 0 Å². The van der Waals surface area contributed by atoms with E-state index < -0.39 is 0 Å². The van der Waals surface area contributed by atoms with Crippen LogP contribution in [0.2, 0.25) is 0 Å². The zero-order chi connectivity index (χ0) is 24.0. The van der Waals surface area contributed by atoms with Gasteiger partial charge in [0.1, 0.15) is 18.1 Å². The van der Waals surface area contributed by atoms with Gasteiger partial charge in [0.15, 0.2) is 0 Å². The molecule has 35 heavy (non-hydrogen) atoms. The molecule has 3 aliphatic heterocycles. The average molecular weight is 476 g/mol. The van der Waals surface area contributed by atoms with E-state index in [0.717, 1.165) is 49.8 Å². The lowest BCUT2D eigenvalue weighted by Gasteiger charge is -2.41. The monoisotopic (exact) mass is 475 g/mol. The molecule has 3 saturated heterocycles. The van der Waals surface area contributed by atoms with Crippen molar-refractivity contribution in [3.8, 4) is 34.0 Å². The minimum absolute atomic E-state index is 0.00729. The number of fused-ring (bicyclic) bond motifs is 2. The first-order valence-corrected chi connectivity index (χ1v) is 12.7. The molecule has 3 fully saturated rings. The largest absolute Gasteiger partial charge is 0.507 e. The normalized spacial score (nSPS) is 30.3. The summed E-state index contributed by atoms with van der Waals surface area (Å²) in [5.74, 6) is 0.684. The fourth-order valence-corrected chi connectivity index (χ4v) is 6.07. The molecule has 2 N–H and O–H groups in total. The van der Waals surface area contributed by atoms with E-state index in [1.54, 1.807) is 6.07 Å². The third-order valence-corrected chi connectivity index (χ3v) is 7.78. The molecule has 2 unspecified atom stereocenters. The summed E-state index contributed by atoms with van der Waals surface area (Å²) < 4.78 is 13.9. The molecule has 2 aromatic heterocycles. The summed E-state index contributed by atoms with van der Waals surface area (Å²) in [5, 5.41) is 27.7. The Hall–Kier alpha value is -2.97. The molecular formula is C27H33N5O3. The van der Waals surface area contributed by atoms with E-state index in [4.69, 9.17) is 9.47 Å². The summed E-state index contributed by atoms with van der Waals surface area (Å²) in [6.45, 7) is 5.34. The highest BCUT2D eigenvalue weighted by Crippen LogP contribution is 2.43. The smallest absolute Gasteiger partial charge is 0.233 e. The van der Waals surface area contributed by atoms with Crippen molar-refractivity contribution in [2.45, 2.75) is 82.2 Å². The lowest BCUT2D eigenvalue weighted by Crippen LogP contribution is -2.56. The average Bonchev–Trinajstić information content (AvgIpc) is 3.42. The van der Waals surface area contributed by atoms with Gasteiger partial charge < -0.3 is 19.9 Å². The Morgan fingerprint density at radius 1 is 1.06 bits per heavy atom. The number of nitrogens with one attached hydrogen (secondary N) is 1. The first-order valence-electron chi connectivity index (χ1n) is 12.7. The number of piperidine rings is 1. The van der Waals surface area contributed by atoms with Gasteiger partial charge in [-0.25, -0.2) is 4.68 Å². The van der Waals surface area contributed by atoms with Crippen LogP contribution < -0.4 is 10.1 Å². The third kappa shape index (κ3) is 4.52. The molecular weight excluding hydrogens is 442 g/mol. The van der Waals surface area contributed by atoms with E-state index in [2.05, 4.69) is 34.5 Å². The first kappa shape index (κ1) is 22.5. The molecule has 0 radical (unpaired) electrons. The standard InChI is InChI=1S/C27H33N5O3/c1-26-10-11-27(2,31-26)15-20(14-26)35-24-9-8-22(29-30-24)21-7-6-18(13-23(21)33)19-16-28-32(17-19)25-5-3-4-12-34-25/h6-9,13,16-17,20,25,31,33H,3-5,10-12,14-15H2,1-2H3/t20?,25?,26-,27+. The molecule has 0 spiro atoms. The van der Waals surface area contributed by atoms with Crippen LogP contribution in [0, 0.1) is 0 Å². The second-order valence-electron chi connectivity index (χ2n) is 10.9. The van der Waals surface area contributed by atoms with Crippen molar-refractivity contribution in [3.63, 3.8) is 0 Å². The van der Waals surface area contributed by atoms with Crippen LogP contribution in [0.15, 0.2) is 42.7 Å². The predicted molar refractivity (Wildman–Crippen MR) is 132 cm³/mol. The summed E-state index contributed by atoms with van der Waals surface area (Å²) in [5.41, 5.74) is 3.35. The molecule has 2 bridgehead atoms. The molecule has 3 aliphatic rings. The van der Waals surface area contributed by atoms with Crippen LogP contribution in [0.5, 0.6) is 11.6 Å². The Bertz CT molecular complexity index is 1190. The topological polar surface area (TPSA) is 94.3 Å². The maximum atomic E-state index is 10.8. The van der Waals surface area contributed by atoms with Crippen molar-refractivity contribution >= 4 is 0 Å². The molecule has 8 nitrogen and oxygen atoms in total. The molecule has 3 aromatic rings. The van der Waals surface area contributed by atoms with Gasteiger partial charge in [-0.3, -0.25) is 0 Å². The van der Waals surface area contributed by atoms with Crippen LogP contribution in [0.3, 0.4) is 0 Å². The fourth-order valence-electron chi connectivity index (χ4n) is 6.07. The van der Waals surface area contributed by atoms with E-state index >= 15 is 0 Å². The van der Waals surface area contributed by atoms with E-state index in [9.17, 15) is 5.11 Å². The fraction of sp³-hybridized carbons (Fsp3) is 0.519. The van der Waals surface area contributed by atoms with E-state index in [1.165, 1.54) is 12.8 Å². The second kappa shape index (κ2) is 8.60. The van der Waals surface area contributed by atoms with Gasteiger partial charge in [-0.05, 0) is 69.7 Å². The molecule has 1 aromatic carbocycles. The van der Waals surface area contributed by atoms with Crippen LogP contribution in [0.25, 0.3) is 22.4 Å². The summed E-state index contributed by atoms with van der Waals surface area (Å²) in [4.78, 5) is 0. The summed E-state index contributed by atoms with van der Waals surface area (Å²) in [6, 6.07) is 9.29. The number of hydrogen-bond donors (Lipinski definition) is 2. The van der Waals surface area contributed by atoms with Gasteiger partial charge in [-0.15, -0.1) is 10.2 Å². The molecule has 6 rings (SSSR count). The Morgan fingerprint density at radius 2 is 1.89 bits per heavy atom. The van der Waals surface area contributed by atoms with Crippen LogP contribution in [0.1, 0.15) is 65.0 Å². The SMILES string of the molecule is C[C@]12CC[C@](C)(CC(Oc3ccc(-c4ccc(-c5cnn(C6CCCCO6)c5)cc4O)nn3)C1)N2. The van der Waals surface area contributed by atoms with Gasteiger partial charge in [0.05, 0.1) is 11.9 Å². The summed E-state index contributed by atoms with van der Waals surface area (Å²) in [6.07, 6.45) is 11.4. The molecule has 5 heterocycles. The van der Waals surface area contributed by atoms with Crippen molar-refractivity contribution in [3.05, 3.63) is 42.7 Å². The lowest BCUT2D eigenvalue weighted by molar-refractivity contribution is -0.0394. The summed E-state index contributed by atoms with van der Waals surface area (Å²) >= 11 is 0. The molecule has 0 amide bonds. The Morgan fingerprint density at radius 3 is 2.57 bits per heavy atom. The Balaban J connectivity index is 1.15. The number of phenolic OH excluding ortho intramolecular Hbond substituents is 1. The van der Waals surface area contributed by atoms with Gasteiger partial charge in [-0.2, -0.15) is 5.10 Å². The van der Waals surface area contributed by atoms with Crippen molar-refractivity contribution in [2.75, 3.05) is 6.61 Å². The third-order valence-electron chi connectivity index (χ3n) is 7.78. The van der Waals surface area contributed by atoms with Gasteiger partial charge in [0, 0.05) is 53.9 Å². The van der Waals surface area contributed by atoms with Gasteiger partial charge >= 0.3 is 0 Å². The van der Waals surface area contributed by atoms with Gasteiger partial charge in [0.2, 0.25) is 5.88 Å². The Labute approximate surface area is 205 Å². The van der Waals surface area contributed by atoms with Crippen LogP contribution in [-0.2, 0) is 4.74 Å². The second-order valence-corrected chi connectivity index (χ2v) is 10.9. The van der Waals surface area contributed by atoms with Crippen LogP contribution >= 0.6 is 0 Å². The maximum absolute atomic E-state index is 10.8. The highest BCUT2D eigenvalue weighted by molar-refractivity contribution is 5.73. The molecule has 4 atom stereocenters. The molecule has 0 aliphatic carbocycles. The Kier molecular flexibility index (Phi) is 5.53. The zero-order valence-electron chi connectivity index (χ0n) is 20.4. The number of phenols is 1. The van der Waals surface area contributed by atoms with Crippen molar-refractivity contribution < 1.29 is 14.6 Å². The number of benzene rings is 1. The maximum Gasteiger partial charge on any atom is 0.233 e. The van der Waals surface area contributed by atoms with Gasteiger partial charge in [-0.1, -0.05) is 6.07 Å². The van der Waals surface area contributed by atoms with E-state index in [0.29, 0.717) is 17.1 Å². The predicted octanol–water partition coefficient (Wildman–Crippen LogP) is 4.85. The van der Waals surface area contributed by atoms with E-state index in [-0.39, 0.29) is 29.2 Å². The first-order chi connectivity index (χ1) is 16.9. The highest BCUT2D eigenvalue weighted by Gasteiger charge is 2.49.